The third-order valence-electron chi connectivity index (χ3n) is 1.74. The molecule has 2 heterocycles. The number of nitrogens with zero attached hydrogens (tertiary/aromatic N) is 4. The molecule has 0 amide bonds. The Hall–Kier alpha value is -1.50. The molecule has 6 nitrogen and oxygen atoms in total. The van der Waals surface area contributed by atoms with E-state index in [1.54, 1.807) is 6.92 Å². The molecule has 0 aliphatic heterocycles. The van der Waals surface area contributed by atoms with Crippen LogP contribution in [0.1, 0.15) is 24.5 Å². The first-order valence-electron chi connectivity index (χ1n) is 4.63. The highest BCUT2D eigenvalue weighted by molar-refractivity contribution is 7.09. The minimum atomic E-state index is 0.485. The average Bonchev–Trinajstić information content (AvgIpc) is 2.83. The van der Waals surface area contributed by atoms with Crippen molar-refractivity contribution < 1.29 is 4.52 Å². The van der Waals surface area contributed by atoms with Crippen molar-refractivity contribution in [1.82, 2.24) is 19.5 Å². The predicted octanol–water partition coefficient (Wildman–Crippen LogP) is 1.40. The maximum absolute atomic E-state index is 4.95. The van der Waals surface area contributed by atoms with Gasteiger partial charge >= 0.3 is 0 Å². The number of nitrogens with one attached hydrogen (secondary N) is 1. The van der Waals surface area contributed by atoms with Crippen molar-refractivity contribution >= 4 is 16.7 Å². The first-order valence-corrected chi connectivity index (χ1v) is 5.41. The van der Waals surface area contributed by atoms with Crippen molar-refractivity contribution in [2.24, 2.45) is 0 Å². The standard InChI is InChI=1S/C8H11N5OS/c1-3-6-11-8(15-13-6)9-4-7-10-5(2)12-14-7/h3-4H2,1-2H3,(H,9,11,13). The Labute approximate surface area is 90.9 Å². The normalized spacial score (nSPS) is 10.5. The van der Waals surface area contributed by atoms with Crippen molar-refractivity contribution in [3.63, 3.8) is 0 Å². The van der Waals surface area contributed by atoms with Crippen LogP contribution in [0.2, 0.25) is 0 Å². The third-order valence-corrected chi connectivity index (χ3v) is 2.46. The van der Waals surface area contributed by atoms with Crippen LogP contribution in [0.4, 0.5) is 5.13 Å². The minimum absolute atomic E-state index is 0.485. The Kier molecular flexibility index (Phi) is 2.91. The number of hydrogen-bond donors (Lipinski definition) is 1. The number of rotatable bonds is 4. The van der Waals surface area contributed by atoms with Gasteiger partial charge in [-0.3, -0.25) is 0 Å². The van der Waals surface area contributed by atoms with Gasteiger partial charge in [0.25, 0.3) is 0 Å². The topological polar surface area (TPSA) is 76.7 Å². The summed E-state index contributed by atoms with van der Waals surface area (Å²) in [7, 11) is 0. The van der Waals surface area contributed by atoms with E-state index in [-0.39, 0.29) is 0 Å². The smallest absolute Gasteiger partial charge is 0.246 e. The molecule has 0 fully saturated rings. The zero-order valence-corrected chi connectivity index (χ0v) is 9.34. The summed E-state index contributed by atoms with van der Waals surface area (Å²) in [6.07, 6.45) is 0.845. The van der Waals surface area contributed by atoms with E-state index in [1.807, 2.05) is 6.92 Å². The van der Waals surface area contributed by atoms with Crippen molar-refractivity contribution in [1.29, 1.82) is 0 Å². The number of anilines is 1. The van der Waals surface area contributed by atoms with Gasteiger partial charge in [-0.1, -0.05) is 12.1 Å². The molecule has 15 heavy (non-hydrogen) atoms. The molecule has 2 rings (SSSR count). The van der Waals surface area contributed by atoms with E-state index < -0.39 is 0 Å². The van der Waals surface area contributed by atoms with Gasteiger partial charge in [-0.25, -0.2) is 4.98 Å². The first-order chi connectivity index (χ1) is 7.28. The summed E-state index contributed by atoms with van der Waals surface area (Å²) in [5.41, 5.74) is 0. The minimum Gasteiger partial charge on any atom is -0.351 e. The van der Waals surface area contributed by atoms with Crippen molar-refractivity contribution in [3.8, 4) is 0 Å². The zero-order valence-electron chi connectivity index (χ0n) is 8.52. The largest absolute Gasteiger partial charge is 0.351 e. The van der Waals surface area contributed by atoms with Gasteiger partial charge < -0.3 is 9.84 Å². The molecule has 0 aromatic carbocycles. The van der Waals surface area contributed by atoms with E-state index in [0.717, 1.165) is 17.4 Å². The van der Waals surface area contributed by atoms with Crippen molar-refractivity contribution in [2.45, 2.75) is 26.8 Å². The molecule has 0 saturated heterocycles. The molecule has 0 aliphatic carbocycles. The van der Waals surface area contributed by atoms with Crippen LogP contribution in [0.15, 0.2) is 4.52 Å². The van der Waals surface area contributed by atoms with Gasteiger partial charge in [-0.05, 0) is 6.92 Å². The Morgan fingerprint density at radius 2 is 2.27 bits per heavy atom. The van der Waals surface area contributed by atoms with Gasteiger partial charge in [0.15, 0.2) is 5.82 Å². The summed E-state index contributed by atoms with van der Waals surface area (Å²) in [6.45, 7) is 4.29. The number of hydrogen-bond acceptors (Lipinski definition) is 7. The summed E-state index contributed by atoms with van der Waals surface area (Å²) in [5.74, 6) is 2.04. The fourth-order valence-electron chi connectivity index (χ4n) is 1.03. The summed E-state index contributed by atoms with van der Waals surface area (Å²) < 4.78 is 9.11. The molecule has 0 unspecified atom stereocenters. The van der Waals surface area contributed by atoms with E-state index in [4.69, 9.17) is 4.52 Å². The van der Waals surface area contributed by atoms with Gasteiger partial charge in [-0.2, -0.15) is 9.36 Å². The Balaban J connectivity index is 1.93. The molecule has 1 N–H and O–H groups in total. The van der Waals surface area contributed by atoms with Gasteiger partial charge in [0.2, 0.25) is 11.0 Å². The fraction of sp³-hybridized carbons (Fsp3) is 0.500. The van der Waals surface area contributed by atoms with Crippen LogP contribution in [-0.4, -0.2) is 19.5 Å². The van der Waals surface area contributed by atoms with E-state index in [9.17, 15) is 0 Å². The lowest BCUT2D eigenvalue weighted by molar-refractivity contribution is 0.379. The van der Waals surface area contributed by atoms with Gasteiger partial charge in [0.05, 0.1) is 6.54 Å². The first kappa shape index (κ1) is 10.0. The van der Waals surface area contributed by atoms with Crippen LogP contribution >= 0.6 is 11.5 Å². The fourth-order valence-corrected chi connectivity index (χ4v) is 1.68. The molecule has 80 valence electrons. The second-order valence-corrected chi connectivity index (χ2v) is 3.71. The van der Waals surface area contributed by atoms with Crippen LogP contribution in [-0.2, 0) is 13.0 Å². The lowest BCUT2D eigenvalue weighted by Crippen LogP contribution is -1.99. The summed E-state index contributed by atoms with van der Waals surface area (Å²) >= 11 is 1.34. The monoisotopic (exact) mass is 225 g/mol. The highest BCUT2D eigenvalue weighted by atomic mass is 32.1. The molecular weight excluding hydrogens is 214 g/mol. The van der Waals surface area contributed by atoms with Crippen LogP contribution in [0.25, 0.3) is 0 Å². The average molecular weight is 225 g/mol. The summed E-state index contributed by atoms with van der Waals surface area (Å²) in [5, 5.41) is 7.55. The Morgan fingerprint density at radius 1 is 1.40 bits per heavy atom. The molecule has 0 bridgehead atoms. The maximum atomic E-state index is 4.95. The van der Waals surface area contributed by atoms with Gasteiger partial charge in [0, 0.05) is 18.0 Å². The predicted molar refractivity (Wildman–Crippen MR) is 55.6 cm³/mol. The van der Waals surface area contributed by atoms with Crippen molar-refractivity contribution in [3.05, 3.63) is 17.5 Å². The maximum Gasteiger partial charge on any atom is 0.246 e. The number of aryl methyl sites for hydroxylation is 2. The Bertz CT molecular complexity index is 438. The highest BCUT2D eigenvalue weighted by Gasteiger charge is 2.05. The molecule has 0 saturated carbocycles. The van der Waals surface area contributed by atoms with Crippen LogP contribution in [0.3, 0.4) is 0 Å². The molecule has 0 aliphatic rings. The lowest BCUT2D eigenvalue weighted by atomic mass is 10.5. The third kappa shape index (κ3) is 2.50. The lowest BCUT2D eigenvalue weighted by Gasteiger charge is -1.94. The molecule has 2 aromatic rings. The SMILES string of the molecule is CCc1nsc(NCc2nc(C)no2)n1. The Morgan fingerprint density at radius 3 is 2.87 bits per heavy atom. The summed E-state index contributed by atoms with van der Waals surface area (Å²) in [4.78, 5) is 8.33. The van der Waals surface area contributed by atoms with Crippen LogP contribution in [0, 0.1) is 6.92 Å². The van der Waals surface area contributed by atoms with Crippen LogP contribution in [0.5, 0.6) is 0 Å². The van der Waals surface area contributed by atoms with Gasteiger partial charge in [0.1, 0.15) is 5.82 Å². The molecular formula is C8H11N5OS. The highest BCUT2D eigenvalue weighted by Crippen LogP contribution is 2.12. The second-order valence-electron chi connectivity index (χ2n) is 2.96. The molecule has 0 radical (unpaired) electrons. The zero-order chi connectivity index (χ0) is 10.7. The summed E-state index contributed by atoms with van der Waals surface area (Å²) in [6, 6.07) is 0. The van der Waals surface area contributed by atoms with E-state index in [2.05, 4.69) is 24.8 Å². The second kappa shape index (κ2) is 4.35. The molecule has 0 spiro atoms. The number of aromatic nitrogens is 4. The van der Waals surface area contributed by atoms with E-state index in [0.29, 0.717) is 18.3 Å². The molecule has 0 atom stereocenters. The van der Waals surface area contributed by atoms with E-state index >= 15 is 0 Å². The van der Waals surface area contributed by atoms with E-state index in [1.165, 1.54) is 11.5 Å². The molecule has 7 heteroatoms. The quantitative estimate of drug-likeness (QED) is 0.847. The van der Waals surface area contributed by atoms with Gasteiger partial charge in [-0.15, -0.1) is 0 Å². The molecule has 2 aromatic heterocycles. The van der Waals surface area contributed by atoms with Crippen LogP contribution < -0.4 is 5.32 Å². The van der Waals surface area contributed by atoms with Crippen molar-refractivity contribution in [2.75, 3.05) is 5.32 Å².